The first-order valence-corrected chi connectivity index (χ1v) is 9.80. The summed E-state index contributed by atoms with van der Waals surface area (Å²) in [7, 11) is 0. The first-order valence-electron chi connectivity index (χ1n) is 9.80. The van der Waals surface area contributed by atoms with Gasteiger partial charge in [0.15, 0.2) is 17.2 Å². The number of nitriles is 1. The molecule has 2 unspecified atom stereocenters. The third-order valence-electron chi connectivity index (χ3n) is 5.30. The van der Waals surface area contributed by atoms with Crippen molar-refractivity contribution < 1.29 is 4.79 Å². The number of nitrogens with one attached hydrogen (secondary N) is 3. The highest BCUT2D eigenvalue weighted by Crippen LogP contribution is 2.26. The van der Waals surface area contributed by atoms with Crippen molar-refractivity contribution in [1.82, 2.24) is 25.5 Å². The summed E-state index contributed by atoms with van der Waals surface area (Å²) in [6.45, 7) is 0. The van der Waals surface area contributed by atoms with Gasteiger partial charge in [-0.3, -0.25) is 4.79 Å². The molecule has 4 rings (SSSR count). The summed E-state index contributed by atoms with van der Waals surface area (Å²) < 4.78 is 0. The van der Waals surface area contributed by atoms with Crippen LogP contribution in [-0.4, -0.2) is 44.2 Å². The highest BCUT2D eigenvalue weighted by molar-refractivity contribution is 5.98. The van der Waals surface area contributed by atoms with Crippen LogP contribution in [0.5, 0.6) is 0 Å². The molecule has 0 spiro atoms. The third kappa shape index (κ3) is 4.57. The Morgan fingerprint density at radius 1 is 1.10 bits per heavy atom. The maximum Gasteiger partial charge on any atom is 0.274 e. The van der Waals surface area contributed by atoms with Crippen molar-refractivity contribution in [3.05, 3.63) is 29.8 Å². The Bertz CT molecular complexity index is 920. The van der Waals surface area contributed by atoms with Gasteiger partial charge in [0.25, 0.3) is 5.91 Å². The number of carbonyl (C=O) groups excluding carboxylic acids is 1. The van der Waals surface area contributed by atoms with Gasteiger partial charge in [-0.1, -0.05) is 0 Å². The van der Waals surface area contributed by atoms with E-state index in [1.165, 1.54) is 12.4 Å². The topological polar surface area (TPSA) is 155 Å². The average Bonchev–Trinajstić information content (AvgIpc) is 3.10. The second-order valence-electron chi connectivity index (χ2n) is 7.53. The summed E-state index contributed by atoms with van der Waals surface area (Å²) in [5.74, 6) is 0.629. The Labute approximate surface area is 168 Å². The molecule has 2 aliphatic carbocycles. The molecule has 10 nitrogen and oxygen atoms in total. The van der Waals surface area contributed by atoms with Crippen LogP contribution < -0.4 is 21.7 Å². The molecule has 2 heterocycles. The number of hydrogen-bond acceptors (Lipinski definition) is 9. The van der Waals surface area contributed by atoms with Crippen LogP contribution in [0.3, 0.4) is 0 Å². The zero-order chi connectivity index (χ0) is 20.2. The molecule has 2 aromatic rings. The van der Waals surface area contributed by atoms with Gasteiger partial charge in [0.05, 0.1) is 18.1 Å². The lowest BCUT2D eigenvalue weighted by Crippen LogP contribution is -2.40. The van der Waals surface area contributed by atoms with E-state index >= 15 is 0 Å². The van der Waals surface area contributed by atoms with Crippen molar-refractivity contribution in [2.24, 2.45) is 5.73 Å². The normalized spacial score (nSPS) is 21.1. The maximum atomic E-state index is 12.7. The fourth-order valence-electron chi connectivity index (χ4n) is 3.49. The van der Waals surface area contributed by atoms with Gasteiger partial charge in [0.2, 0.25) is 0 Å². The Morgan fingerprint density at radius 2 is 1.97 bits per heavy atom. The monoisotopic (exact) mass is 393 g/mol. The van der Waals surface area contributed by atoms with E-state index in [0.29, 0.717) is 17.3 Å². The molecule has 150 valence electrons. The molecule has 0 bridgehead atoms. The van der Waals surface area contributed by atoms with E-state index in [1.807, 2.05) is 6.07 Å². The van der Waals surface area contributed by atoms with Crippen molar-refractivity contribution in [3.63, 3.8) is 0 Å². The van der Waals surface area contributed by atoms with Crippen molar-refractivity contribution in [2.75, 3.05) is 10.6 Å². The standard InChI is InChI=1S/C19H23N9O/c20-8-14-9-23-17(10-22-14)26-16-7-15(24-13-5-4-11(21)6-13)18(28-27-16)19(29)25-12-2-1-3-12/h7,9-13H,1-6,21H2,(H,25,29)(H2,23,24,26,27). The Hall–Kier alpha value is -3.32. The second-order valence-corrected chi connectivity index (χ2v) is 7.53. The smallest absolute Gasteiger partial charge is 0.274 e. The Balaban J connectivity index is 1.55. The lowest BCUT2D eigenvalue weighted by Gasteiger charge is -2.26. The fraction of sp³-hybridized carbons (Fsp3) is 0.474. The van der Waals surface area contributed by atoms with Crippen LogP contribution in [0.25, 0.3) is 0 Å². The number of hydrogen-bond donors (Lipinski definition) is 4. The highest BCUT2D eigenvalue weighted by atomic mass is 16.2. The number of carbonyl (C=O) groups is 1. The summed E-state index contributed by atoms with van der Waals surface area (Å²) in [5, 5.41) is 26.5. The third-order valence-corrected chi connectivity index (χ3v) is 5.30. The molecular formula is C19H23N9O. The molecule has 1 amide bonds. The molecule has 10 heteroatoms. The van der Waals surface area contributed by atoms with Crippen molar-refractivity contribution in [1.29, 1.82) is 5.26 Å². The van der Waals surface area contributed by atoms with Crippen LogP contribution in [-0.2, 0) is 0 Å². The van der Waals surface area contributed by atoms with E-state index in [0.717, 1.165) is 38.5 Å². The van der Waals surface area contributed by atoms with E-state index in [9.17, 15) is 4.79 Å². The van der Waals surface area contributed by atoms with Gasteiger partial charge in [0, 0.05) is 24.2 Å². The Kier molecular flexibility index (Phi) is 5.48. The van der Waals surface area contributed by atoms with Crippen molar-refractivity contribution >= 4 is 23.2 Å². The van der Waals surface area contributed by atoms with E-state index in [1.54, 1.807) is 6.07 Å². The van der Waals surface area contributed by atoms with E-state index in [4.69, 9.17) is 11.0 Å². The molecule has 2 atom stereocenters. The minimum absolute atomic E-state index is 0.168. The lowest BCUT2D eigenvalue weighted by atomic mass is 9.93. The van der Waals surface area contributed by atoms with Gasteiger partial charge in [0.1, 0.15) is 11.9 Å². The van der Waals surface area contributed by atoms with Gasteiger partial charge in [-0.25, -0.2) is 9.97 Å². The van der Waals surface area contributed by atoms with Gasteiger partial charge in [-0.15, -0.1) is 10.2 Å². The minimum atomic E-state index is -0.225. The highest BCUT2D eigenvalue weighted by Gasteiger charge is 2.26. The number of nitrogens with two attached hydrogens (primary N) is 1. The molecule has 5 N–H and O–H groups in total. The van der Waals surface area contributed by atoms with Crippen LogP contribution in [0, 0.1) is 11.3 Å². The van der Waals surface area contributed by atoms with Crippen LogP contribution in [0.2, 0.25) is 0 Å². The number of amides is 1. The van der Waals surface area contributed by atoms with Crippen LogP contribution in [0.15, 0.2) is 18.5 Å². The zero-order valence-corrected chi connectivity index (χ0v) is 15.9. The van der Waals surface area contributed by atoms with Crippen LogP contribution in [0.4, 0.5) is 17.3 Å². The second kappa shape index (κ2) is 8.36. The molecule has 2 aromatic heterocycles. The van der Waals surface area contributed by atoms with Crippen molar-refractivity contribution in [2.45, 2.75) is 56.7 Å². The first-order chi connectivity index (χ1) is 14.1. The molecule has 0 aromatic carbocycles. The predicted molar refractivity (Wildman–Crippen MR) is 106 cm³/mol. The lowest BCUT2D eigenvalue weighted by molar-refractivity contribution is 0.0911. The fourth-order valence-corrected chi connectivity index (χ4v) is 3.49. The zero-order valence-electron chi connectivity index (χ0n) is 15.9. The molecule has 0 saturated heterocycles. The SMILES string of the molecule is N#Cc1cnc(Nc2cc(NC3CCC(N)C3)c(C(=O)NC3CCC3)nn2)cn1. The van der Waals surface area contributed by atoms with E-state index in [2.05, 4.69) is 36.1 Å². The number of nitrogens with zero attached hydrogens (tertiary/aromatic N) is 5. The van der Waals surface area contributed by atoms with Gasteiger partial charge < -0.3 is 21.7 Å². The van der Waals surface area contributed by atoms with E-state index < -0.39 is 0 Å². The van der Waals surface area contributed by atoms with Crippen LogP contribution >= 0.6 is 0 Å². The predicted octanol–water partition coefficient (Wildman–Crippen LogP) is 1.46. The van der Waals surface area contributed by atoms with Crippen LogP contribution in [0.1, 0.15) is 54.7 Å². The molecule has 2 fully saturated rings. The molecule has 0 radical (unpaired) electrons. The number of anilines is 3. The molecule has 0 aliphatic heterocycles. The van der Waals surface area contributed by atoms with Gasteiger partial charge >= 0.3 is 0 Å². The summed E-state index contributed by atoms with van der Waals surface area (Å²) in [4.78, 5) is 20.8. The Morgan fingerprint density at radius 3 is 2.59 bits per heavy atom. The first kappa shape index (κ1) is 19.0. The minimum Gasteiger partial charge on any atom is -0.380 e. The maximum absolute atomic E-state index is 12.7. The van der Waals surface area contributed by atoms with Gasteiger partial charge in [-0.2, -0.15) is 5.26 Å². The summed E-state index contributed by atoms with van der Waals surface area (Å²) in [6.07, 6.45) is 8.68. The molecule has 2 saturated carbocycles. The van der Waals surface area contributed by atoms with Crippen molar-refractivity contribution in [3.8, 4) is 6.07 Å². The molecule has 29 heavy (non-hydrogen) atoms. The van der Waals surface area contributed by atoms with Gasteiger partial charge in [-0.05, 0) is 38.5 Å². The summed E-state index contributed by atoms with van der Waals surface area (Å²) in [5.41, 5.74) is 7.14. The average molecular weight is 393 g/mol. The summed E-state index contributed by atoms with van der Waals surface area (Å²) >= 11 is 0. The largest absolute Gasteiger partial charge is 0.380 e. The number of aromatic nitrogens is 4. The summed E-state index contributed by atoms with van der Waals surface area (Å²) in [6, 6.07) is 4.23. The number of rotatable bonds is 6. The molecular weight excluding hydrogens is 370 g/mol. The van der Waals surface area contributed by atoms with E-state index in [-0.39, 0.29) is 35.4 Å². The molecule has 2 aliphatic rings. The quantitative estimate of drug-likeness (QED) is 0.570.